The third-order valence-corrected chi connectivity index (χ3v) is 5.30. The molecule has 2 aliphatic heterocycles. The molecule has 0 unspecified atom stereocenters. The predicted molar refractivity (Wildman–Crippen MR) is 93.3 cm³/mol. The van der Waals surface area contributed by atoms with Crippen molar-refractivity contribution >= 4 is 16.9 Å². The lowest BCUT2D eigenvalue weighted by Crippen LogP contribution is -2.52. The highest BCUT2D eigenvalue weighted by molar-refractivity contribution is 5.97. The van der Waals surface area contributed by atoms with E-state index in [4.69, 9.17) is 0 Å². The maximum absolute atomic E-state index is 12.8. The van der Waals surface area contributed by atoms with Crippen LogP contribution < -0.4 is 0 Å². The molecule has 3 heterocycles. The second kappa shape index (κ2) is 6.36. The molecule has 0 saturated carbocycles. The Morgan fingerprint density at radius 1 is 1.20 bits per heavy atom. The van der Waals surface area contributed by atoms with Gasteiger partial charge < -0.3 is 14.9 Å². The SMILES string of the molecule is CN1CCN(C[C@]2(O)CCN(C(=O)c3ccc4n[nH]nc4c3)C2)CC1. The quantitative estimate of drug-likeness (QED) is 0.800. The van der Waals surface area contributed by atoms with E-state index in [0.717, 1.165) is 31.7 Å². The molecule has 134 valence electrons. The molecule has 0 spiro atoms. The maximum atomic E-state index is 12.8. The molecule has 2 fully saturated rings. The number of nitrogens with zero attached hydrogens (tertiary/aromatic N) is 5. The Morgan fingerprint density at radius 2 is 1.96 bits per heavy atom. The third-order valence-electron chi connectivity index (χ3n) is 5.30. The molecule has 1 atom stereocenters. The number of amides is 1. The van der Waals surface area contributed by atoms with Gasteiger partial charge >= 0.3 is 0 Å². The van der Waals surface area contributed by atoms with Crippen molar-refractivity contribution in [1.29, 1.82) is 0 Å². The zero-order chi connectivity index (χ0) is 17.4. The van der Waals surface area contributed by atoms with E-state index < -0.39 is 5.60 Å². The summed E-state index contributed by atoms with van der Waals surface area (Å²) >= 11 is 0. The third kappa shape index (κ3) is 3.37. The van der Waals surface area contributed by atoms with Crippen LogP contribution in [-0.2, 0) is 0 Å². The fraction of sp³-hybridized carbons (Fsp3) is 0.588. The number of fused-ring (bicyclic) bond motifs is 1. The van der Waals surface area contributed by atoms with Crippen molar-refractivity contribution in [3.63, 3.8) is 0 Å². The molecule has 0 aliphatic carbocycles. The second-order valence-electron chi connectivity index (χ2n) is 7.31. The lowest BCUT2D eigenvalue weighted by molar-refractivity contribution is 0.000527. The normalized spacial score (nSPS) is 25.8. The first kappa shape index (κ1) is 16.4. The van der Waals surface area contributed by atoms with Crippen molar-refractivity contribution in [2.45, 2.75) is 12.0 Å². The van der Waals surface area contributed by atoms with E-state index in [2.05, 4.69) is 32.3 Å². The molecule has 8 heteroatoms. The standard InChI is InChI=1S/C17H24N6O2/c1-21-6-8-22(9-7-21)11-17(25)4-5-23(12-17)16(24)13-2-3-14-15(10-13)19-20-18-14/h2-3,10,25H,4-9,11-12H2,1H3,(H,18,19,20)/t17-/m1/s1. The van der Waals surface area contributed by atoms with Crippen molar-refractivity contribution in [2.24, 2.45) is 0 Å². The number of likely N-dealkylation sites (tertiary alicyclic amines) is 1. The van der Waals surface area contributed by atoms with Gasteiger partial charge in [0.25, 0.3) is 5.91 Å². The number of benzene rings is 1. The Hall–Kier alpha value is -2.03. The van der Waals surface area contributed by atoms with Crippen molar-refractivity contribution < 1.29 is 9.90 Å². The second-order valence-corrected chi connectivity index (χ2v) is 7.31. The number of aromatic amines is 1. The van der Waals surface area contributed by atoms with E-state index in [1.807, 2.05) is 0 Å². The molecule has 0 radical (unpaired) electrons. The molecule has 2 aromatic rings. The van der Waals surface area contributed by atoms with Gasteiger partial charge in [-0.05, 0) is 31.7 Å². The highest BCUT2D eigenvalue weighted by Gasteiger charge is 2.40. The van der Waals surface area contributed by atoms with Crippen LogP contribution in [0.3, 0.4) is 0 Å². The number of β-amino-alcohol motifs (C(OH)–C–C–N with tert-alkyl or cyclic N) is 1. The molecule has 8 nitrogen and oxygen atoms in total. The first-order chi connectivity index (χ1) is 12.0. The van der Waals surface area contributed by atoms with Gasteiger partial charge in [-0.2, -0.15) is 15.4 Å². The summed E-state index contributed by atoms with van der Waals surface area (Å²) in [6, 6.07) is 5.31. The number of hydrogen-bond donors (Lipinski definition) is 2. The van der Waals surface area contributed by atoms with Crippen LogP contribution >= 0.6 is 0 Å². The number of rotatable bonds is 3. The Labute approximate surface area is 146 Å². The molecule has 4 rings (SSSR count). The minimum Gasteiger partial charge on any atom is -0.387 e. The largest absolute Gasteiger partial charge is 0.387 e. The Kier molecular flexibility index (Phi) is 4.18. The number of H-pyrrole nitrogens is 1. The maximum Gasteiger partial charge on any atom is 0.254 e. The smallest absolute Gasteiger partial charge is 0.254 e. The van der Waals surface area contributed by atoms with Crippen LogP contribution in [0.2, 0.25) is 0 Å². The van der Waals surface area contributed by atoms with Crippen molar-refractivity contribution in [2.75, 3.05) is 52.9 Å². The zero-order valence-corrected chi connectivity index (χ0v) is 14.5. The molecule has 2 saturated heterocycles. The summed E-state index contributed by atoms with van der Waals surface area (Å²) in [6.45, 7) is 5.58. The van der Waals surface area contributed by atoms with Gasteiger partial charge in [0.05, 0.1) is 12.1 Å². The minimum absolute atomic E-state index is 0.0563. The average Bonchev–Trinajstić information content (AvgIpc) is 3.22. The van der Waals surface area contributed by atoms with E-state index in [1.165, 1.54) is 0 Å². The summed E-state index contributed by atoms with van der Waals surface area (Å²) in [7, 11) is 2.12. The van der Waals surface area contributed by atoms with Gasteiger partial charge in [0.15, 0.2) is 0 Å². The molecule has 2 aliphatic rings. The fourth-order valence-electron chi connectivity index (χ4n) is 3.74. The Morgan fingerprint density at radius 3 is 2.76 bits per heavy atom. The average molecular weight is 344 g/mol. The van der Waals surface area contributed by atoms with Crippen LogP contribution in [-0.4, -0.2) is 99.6 Å². The van der Waals surface area contributed by atoms with Gasteiger partial charge in [-0.15, -0.1) is 0 Å². The summed E-state index contributed by atoms with van der Waals surface area (Å²) in [6.07, 6.45) is 0.622. The number of aromatic nitrogens is 3. The van der Waals surface area contributed by atoms with E-state index in [1.54, 1.807) is 23.1 Å². The Balaban J connectivity index is 1.41. The number of carbonyl (C=O) groups is 1. The molecule has 1 amide bonds. The van der Waals surface area contributed by atoms with Gasteiger partial charge in [-0.1, -0.05) is 0 Å². The topological polar surface area (TPSA) is 88.6 Å². The monoisotopic (exact) mass is 344 g/mol. The van der Waals surface area contributed by atoms with E-state index in [0.29, 0.717) is 37.1 Å². The van der Waals surface area contributed by atoms with Crippen molar-refractivity contribution in [3.05, 3.63) is 23.8 Å². The van der Waals surface area contributed by atoms with Crippen LogP contribution in [0.25, 0.3) is 11.0 Å². The number of piperazine rings is 1. The number of hydrogen-bond acceptors (Lipinski definition) is 6. The summed E-state index contributed by atoms with van der Waals surface area (Å²) in [5.74, 6) is -0.0563. The molecular formula is C17H24N6O2. The molecule has 0 bridgehead atoms. The minimum atomic E-state index is -0.816. The van der Waals surface area contributed by atoms with E-state index in [-0.39, 0.29) is 5.91 Å². The lowest BCUT2D eigenvalue weighted by atomic mass is 10.0. The van der Waals surface area contributed by atoms with Crippen molar-refractivity contribution in [1.82, 2.24) is 30.1 Å². The van der Waals surface area contributed by atoms with Crippen LogP contribution in [0.15, 0.2) is 18.2 Å². The highest BCUT2D eigenvalue weighted by atomic mass is 16.3. The number of aliphatic hydroxyl groups is 1. The Bertz CT molecular complexity index is 769. The van der Waals surface area contributed by atoms with E-state index in [9.17, 15) is 9.90 Å². The van der Waals surface area contributed by atoms with Gasteiger partial charge in [-0.25, -0.2) is 0 Å². The molecule has 2 N–H and O–H groups in total. The fourth-order valence-corrected chi connectivity index (χ4v) is 3.74. The van der Waals surface area contributed by atoms with Gasteiger partial charge in [0.2, 0.25) is 0 Å². The first-order valence-corrected chi connectivity index (χ1v) is 8.76. The van der Waals surface area contributed by atoms with Crippen LogP contribution in [0, 0.1) is 0 Å². The number of likely N-dealkylation sites (N-methyl/N-ethyl adjacent to an activating group) is 1. The lowest BCUT2D eigenvalue weighted by Gasteiger charge is -2.36. The summed E-state index contributed by atoms with van der Waals surface area (Å²) in [4.78, 5) is 19.1. The summed E-state index contributed by atoms with van der Waals surface area (Å²) in [5.41, 5.74) is 1.19. The van der Waals surface area contributed by atoms with Gasteiger partial charge in [0.1, 0.15) is 11.0 Å². The number of nitrogens with one attached hydrogen (secondary N) is 1. The van der Waals surface area contributed by atoms with Gasteiger partial charge in [0, 0.05) is 44.8 Å². The van der Waals surface area contributed by atoms with Crippen LogP contribution in [0.1, 0.15) is 16.8 Å². The molecular weight excluding hydrogens is 320 g/mol. The first-order valence-electron chi connectivity index (χ1n) is 8.76. The number of carbonyl (C=O) groups excluding carboxylic acids is 1. The van der Waals surface area contributed by atoms with Crippen LogP contribution in [0.4, 0.5) is 0 Å². The summed E-state index contributed by atoms with van der Waals surface area (Å²) < 4.78 is 0. The van der Waals surface area contributed by atoms with Crippen molar-refractivity contribution in [3.8, 4) is 0 Å². The van der Waals surface area contributed by atoms with E-state index >= 15 is 0 Å². The molecule has 1 aromatic carbocycles. The van der Waals surface area contributed by atoms with Crippen LogP contribution in [0.5, 0.6) is 0 Å². The summed E-state index contributed by atoms with van der Waals surface area (Å²) in [5, 5.41) is 21.5. The zero-order valence-electron chi connectivity index (χ0n) is 14.5. The van der Waals surface area contributed by atoms with Gasteiger partial charge in [-0.3, -0.25) is 9.69 Å². The highest BCUT2D eigenvalue weighted by Crippen LogP contribution is 2.25. The molecule has 1 aromatic heterocycles. The predicted octanol–water partition coefficient (Wildman–Crippen LogP) is -0.218. The molecule has 25 heavy (non-hydrogen) atoms.